The van der Waals surface area contributed by atoms with Crippen LogP contribution < -0.4 is 15.0 Å². The molecule has 10 heteroatoms. The molecule has 0 radical (unpaired) electrons. The van der Waals surface area contributed by atoms with Crippen LogP contribution in [-0.4, -0.2) is 77.6 Å². The van der Waals surface area contributed by atoms with Crippen molar-refractivity contribution in [1.82, 2.24) is 25.1 Å². The van der Waals surface area contributed by atoms with Gasteiger partial charge in [-0.15, -0.1) is 0 Å². The molecule has 2 aromatic rings. The van der Waals surface area contributed by atoms with E-state index in [4.69, 9.17) is 14.7 Å². The zero-order valence-electron chi connectivity index (χ0n) is 23.0. The van der Waals surface area contributed by atoms with E-state index < -0.39 is 5.54 Å². The van der Waals surface area contributed by atoms with Gasteiger partial charge in [0.1, 0.15) is 18.2 Å². The Morgan fingerprint density at radius 2 is 2.20 bits per heavy atom. The normalized spacial score (nSPS) is 25.9. The van der Waals surface area contributed by atoms with Gasteiger partial charge in [-0.1, -0.05) is 18.7 Å². The second-order valence-electron chi connectivity index (χ2n) is 11.4. The summed E-state index contributed by atoms with van der Waals surface area (Å²) >= 11 is 0. The van der Waals surface area contributed by atoms with Crippen LogP contribution in [0.3, 0.4) is 0 Å². The van der Waals surface area contributed by atoms with Crippen molar-refractivity contribution in [3.63, 3.8) is 0 Å². The average Bonchev–Trinajstić information content (AvgIpc) is 3.54. The molecule has 0 saturated carbocycles. The van der Waals surface area contributed by atoms with Crippen molar-refractivity contribution in [1.29, 1.82) is 5.26 Å². The Hall–Kier alpha value is -3.55. The number of rotatable bonds is 6. The summed E-state index contributed by atoms with van der Waals surface area (Å²) in [5.74, 6) is 0.422. The maximum atomic E-state index is 15.1. The molecule has 1 N–H and O–H groups in total. The maximum Gasteiger partial charge on any atom is 0.318 e. The van der Waals surface area contributed by atoms with E-state index in [1.807, 2.05) is 6.07 Å². The Labute approximate surface area is 234 Å². The van der Waals surface area contributed by atoms with E-state index in [2.05, 4.69) is 34.8 Å². The van der Waals surface area contributed by atoms with Gasteiger partial charge in [0, 0.05) is 49.8 Å². The number of nitrogens with zero attached hydrogens (tertiary/aromatic N) is 6. The first-order chi connectivity index (χ1) is 19.4. The Morgan fingerprint density at radius 3 is 2.98 bits per heavy atom. The third-order valence-corrected chi connectivity index (χ3v) is 9.17. The highest BCUT2D eigenvalue weighted by Gasteiger charge is 2.45. The number of hydrogen-bond acceptors (Lipinski definition) is 8. The van der Waals surface area contributed by atoms with E-state index in [1.54, 1.807) is 17.0 Å². The first-order valence-electron chi connectivity index (χ1n) is 14.2. The number of aryl methyl sites for hydroxylation is 1. The number of nitrogens with one attached hydrogen (secondary N) is 1. The van der Waals surface area contributed by atoms with E-state index in [0.29, 0.717) is 51.3 Å². The van der Waals surface area contributed by atoms with Gasteiger partial charge in [0.05, 0.1) is 29.8 Å². The van der Waals surface area contributed by atoms with Gasteiger partial charge in [-0.25, -0.2) is 4.39 Å². The lowest BCUT2D eigenvalue weighted by Crippen LogP contribution is -2.55. The minimum absolute atomic E-state index is 0.167. The minimum Gasteiger partial charge on any atom is -0.462 e. The number of hydrogen-bond donors (Lipinski definition) is 1. The summed E-state index contributed by atoms with van der Waals surface area (Å²) in [6.45, 7) is 7.20. The maximum absolute atomic E-state index is 15.1. The fourth-order valence-electron chi connectivity index (χ4n) is 6.99. The molecule has 9 nitrogen and oxygen atoms in total. The SMILES string of the molecule is C=CC(=O)N1CCN(c2nc(OC[C@@H]3CCCN3C)nc3c2CNC2(CCc4cccc(F)c42)C3)C[C@@H]1CC#N. The van der Waals surface area contributed by atoms with Gasteiger partial charge in [0.25, 0.3) is 0 Å². The number of ether oxygens (including phenoxy) is 1. The predicted molar refractivity (Wildman–Crippen MR) is 148 cm³/mol. The molecule has 1 aromatic heterocycles. The first-order valence-corrected chi connectivity index (χ1v) is 14.2. The molecule has 210 valence electrons. The number of likely N-dealkylation sites (tertiary alicyclic amines) is 1. The van der Waals surface area contributed by atoms with Gasteiger partial charge in [-0.05, 0) is 57.0 Å². The number of carbonyl (C=O) groups is 1. The van der Waals surface area contributed by atoms with Crippen molar-refractivity contribution in [3.05, 3.63) is 59.1 Å². The summed E-state index contributed by atoms with van der Waals surface area (Å²) in [6, 6.07) is 7.95. The first kappa shape index (κ1) is 26.7. The Balaban J connectivity index is 1.34. The van der Waals surface area contributed by atoms with Crippen LogP contribution in [-0.2, 0) is 29.7 Å². The van der Waals surface area contributed by atoms with Crippen molar-refractivity contribution >= 4 is 11.7 Å². The topological polar surface area (TPSA) is 97.6 Å². The number of carbonyl (C=O) groups excluding carboxylic acids is 1. The smallest absolute Gasteiger partial charge is 0.318 e. The van der Waals surface area contributed by atoms with E-state index in [0.717, 1.165) is 60.4 Å². The molecule has 40 heavy (non-hydrogen) atoms. The van der Waals surface area contributed by atoms with Crippen LogP contribution in [0.15, 0.2) is 30.9 Å². The number of anilines is 1. The third-order valence-electron chi connectivity index (χ3n) is 9.17. The number of piperazine rings is 1. The number of likely N-dealkylation sites (N-methyl/N-ethyl adjacent to an activating group) is 1. The predicted octanol–water partition coefficient (Wildman–Crippen LogP) is 2.69. The highest BCUT2D eigenvalue weighted by molar-refractivity contribution is 5.87. The fourth-order valence-corrected chi connectivity index (χ4v) is 6.99. The van der Waals surface area contributed by atoms with Gasteiger partial charge in [0.2, 0.25) is 5.91 Å². The second-order valence-corrected chi connectivity index (χ2v) is 11.4. The molecular weight excluding hydrogens is 509 g/mol. The highest BCUT2D eigenvalue weighted by atomic mass is 19.1. The van der Waals surface area contributed by atoms with E-state index in [-0.39, 0.29) is 24.2 Å². The van der Waals surface area contributed by atoms with Crippen molar-refractivity contribution < 1.29 is 13.9 Å². The average molecular weight is 546 g/mol. The minimum atomic E-state index is -0.513. The number of aromatic nitrogens is 2. The molecular formula is C30H36FN7O2. The fraction of sp³-hybridized carbons (Fsp3) is 0.533. The van der Waals surface area contributed by atoms with Gasteiger partial charge in [-0.3, -0.25) is 4.79 Å². The van der Waals surface area contributed by atoms with Gasteiger partial charge in [-0.2, -0.15) is 15.2 Å². The number of halogens is 1. The lowest BCUT2D eigenvalue weighted by molar-refractivity contribution is -0.128. The summed E-state index contributed by atoms with van der Waals surface area (Å²) in [4.78, 5) is 28.5. The molecule has 1 amide bonds. The molecule has 1 aromatic carbocycles. The van der Waals surface area contributed by atoms with Crippen LogP contribution in [0.25, 0.3) is 0 Å². The Kier molecular flexibility index (Phi) is 7.19. The van der Waals surface area contributed by atoms with Crippen molar-refractivity contribution in [2.45, 2.75) is 62.7 Å². The number of fused-ring (bicyclic) bond motifs is 3. The summed E-state index contributed by atoms with van der Waals surface area (Å²) < 4.78 is 21.4. The monoisotopic (exact) mass is 545 g/mol. The molecule has 2 saturated heterocycles. The van der Waals surface area contributed by atoms with E-state index >= 15 is 4.39 Å². The van der Waals surface area contributed by atoms with Crippen molar-refractivity contribution in [3.8, 4) is 12.1 Å². The lowest BCUT2D eigenvalue weighted by Gasteiger charge is -2.43. The van der Waals surface area contributed by atoms with Crippen LogP contribution in [0.1, 0.15) is 48.1 Å². The molecule has 4 aliphatic rings. The van der Waals surface area contributed by atoms with Gasteiger partial charge < -0.3 is 24.8 Å². The molecule has 6 rings (SSSR count). The largest absolute Gasteiger partial charge is 0.462 e. The molecule has 1 unspecified atom stereocenters. The van der Waals surface area contributed by atoms with Gasteiger partial charge in [0.15, 0.2) is 0 Å². The standard InChI is InChI=1S/C30H36FN7O2/c1-3-26(39)38-15-14-37(18-21(38)10-12-32)28-23-17-33-30(11-9-20-6-4-8-24(31)27(20)30)16-25(23)34-29(35-28)40-19-22-7-5-13-36(22)2/h3-4,6,8,21-22,33H,1,5,7,9-11,13-19H2,2H3/t21-,22-,30?/m0/s1. The van der Waals surface area contributed by atoms with Crippen LogP contribution in [0.5, 0.6) is 6.01 Å². The Morgan fingerprint density at radius 1 is 1.32 bits per heavy atom. The van der Waals surface area contributed by atoms with Crippen molar-refractivity contribution in [2.24, 2.45) is 0 Å². The molecule has 3 atom stereocenters. The molecule has 1 aliphatic carbocycles. The lowest BCUT2D eigenvalue weighted by atomic mass is 9.82. The highest BCUT2D eigenvalue weighted by Crippen LogP contribution is 2.44. The van der Waals surface area contributed by atoms with E-state index in [1.165, 1.54) is 6.08 Å². The van der Waals surface area contributed by atoms with Crippen LogP contribution in [0.4, 0.5) is 10.2 Å². The number of nitriles is 1. The second kappa shape index (κ2) is 10.8. The molecule has 0 bridgehead atoms. The van der Waals surface area contributed by atoms with E-state index in [9.17, 15) is 10.1 Å². The van der Waals surface area contributed by atoms with Crippen LogP contribution in [0.2, 0.25) is 0 Å². The zero-order valence-corrected chi connectivity index (χ0v) is 23.0. The molecule has 1 spiro atoms. The summed E-state index contributed by atoms with van der Waals surface area (Å²) in [5, 5.41) is 13.2. The van der Waals surface area contributed by atoms with Crippen molar-refractivity contribution in [2.75, 3.05) is 44.7 Å². The zero-order chi connectivity index (χ0) is 27.9. The number of benzene rings is 1. The molecule has 2 fully saturated rings. The quantitative estimate of drug-likeness (QED) is 0.554. The Bertz CT molecular complexity index is 1360. The van der Waals surface area contributed by atoms with Crippen LogP contribution >= 0.6 is 0 Å². The molecule has 4 heterocycles. The third kappa shape index (κ3) is 4.71. The summed E-state index contributed by atoms with van der Waals surface area (Å²) in [7, 11) is 2.11. The summed E-state index contributed by atoms with van der Waals surface area (Å²) in [5.41, 5.74) is 3.13. The van der Waals surface area contributed by atoms with Crippen LogP contribution in [0, 0.1) is 17.1 Å². The summed E-state index contributed by atoms with van der Waals surface area (Å²) in [6.07, 6.45) is 5.92. The van der Waals surface area contributed by atoms with Gasteiger partial charge >= 0.3 is 6.01 Å². The molecule has 3 aliphatic heterocycles. The number of amides is 1.